The second kappa shape index (κ2) is 4.65. The molecule has 0 saturated heterocycles. The first kappa shape index (κ1) is 12.4. The van der Waals surface area contributed by atoms with Crippen molar-refractivity contribution in [2.75, 3.05) is 12.4 Å². The second-order valence-electron chi connectivity index (χ2n) is 5.94. The molecule has 1 heterocycles. The van der Waals surface area contributed by atoms with Gasteiger partial charge in [-0.1, -0.05) is 20.8 Å². The van der Waals surface area contributed by atoms with E-state index in [0.717, 1.165) is 18.1 Å². The van der Waals surface area contributed by atoms with E-state index in [1.54, 1.807) is 0 Å². The number of aromatic nitrogens is 1. The monoisotopic (exact) mass is 233 g/mol. The summed E-state index contributed by atoms with van der Waals surface area (Å²) in [7, 11) is 1.98. The lowest BCUT2D eigenvalue weighted by Crippen LogP contribution is -2.17. The van der Waals surface area contributed by atoms with E-state index < -0.39 is 0 Å². The van der Waals surface area contributed by atoms with Gasteiger partial charge in [-0.3, -0.25) is 0 Å². The molecular formula is C14H23N3. The Kier molecular flexibility index (Phi) is 3.38. The van der Waals surface area contributed by atoms with Crippen molar-refractivity contribution in [1.82, 2.24) is 10.3 Å². The SMILES string of the molecule is CNCc1cc(NC2CC2)nc(C(C)(C)C)c1. The highest BCUT2D eigenvalue weighted by molar-refractivity contribution is 5.43. The Bertz CT molecular complexity index is 389. The van der Waals surface area contributed by atoms with E-state index in [1.807, 2.05) is 7.05 Å². The van der Waals surface area contributed by atoms with Gasteiger partial charge in [-0.15, -0.1) is 0 Å². The molecule has 3 heteroatoms. The first-order valence-electron chi connectivity index (χ1n) is 6.41. The largest absolute Gasteiger partial charge is 0.367 e. The minimum atomic E-state index is 0.101. The molecule has 1 aromatic heterocycles. The normalized spacial score (nSPS) is 16.0. The summed E-state index contributed by atoms with van der Waals surface area (Å²) in [6, 6.07) is 5.01. The third kappa shape index (κ3) is 3.43. The molecule has 1 aliphatic rings. The Morgan fingerprint density at radius 1 is 1.29 bits per heavy atom. The Hall–Kier alpha value is -1.09. The molecule has 2 rings (SSSR count). The minimum Gasteiger partial charge on any atom is -0.367 e. The van der Waals surface area contributed by atoms with Crippen molar-refractivity contribution in [1.29, 1.82) is 0 Å². The molecule has 0 unspecified atom stereocenters. The van der Waals surface area contributed by atoms with E-state index in [9.17, 15) is 0 Å². The first-order valence-corrected chi connectivity index (χ1v) is 6.41. The fourth-order valence-electron chi connectivity index (χ4n) is 1.79. The summed E-state index contributed by atoms with van der Waals surface area (Å²) >= 11 is 0. The number of nitrogens with one attached hydrogen (secondary N) is 2. The lowest BCUT2D eigenvalue weighted by atomic mass is 9.90. The van der Waals surface area contributed by atoms with Gasteiger partial charge in [0.25, 0.3) is 0 Å². The molecule has 3 nitrogen and oxygen atoms in total. The molecule has 1 aliphatic carbocycles. The van der Waals surface area contributed by atoms with Crippen LogP contribution in [0.25, 0.3) is 0 Å². The molecule has 0 aliphatic heterocycles. The van der Waals surface area contributed by atoms with Crippen molar-refractivity contribution >= 4 is 5.82 Å². The molecular weight excluding hydrogens is 210 g/mol. The second-order valence-corrected chi connectivity index (χ2v) is 5.94. The maximum Gasteiger partial charge on any atom is 0.126 e. The summed E-state index contributed by atoms with van der Waals surface area (Å²) < 4.78 is 0. The van der Waals surface area contributed by atoms with Crippen molar-refractivity contribution in [3.8, 4) is 0 Å². The fourth-order valence-corrected chi connectivity index (χ4v) is 1.79. The smallest absolute Gasteiger partial charge is 0.126 e. The Morgan fingerprint density at radius 3 is 2.53 bits per heavy atom. The molecule has 2 N–H and O–H groups in total. The summed E-state index contributed by atoms with van der Waals surface area (Å²) in [6.07, 6.45) is 2.56. The molecule has 0 atom stereocenters. The van der Waals surface area contributed by atoms with Gasteiger partial charge in [-0.25, -0.2) is 4.98 Å². The van der Waals surface area contributed by atoms with Gasteiger partial charge in [-0.2, -0.15) is 0 Å². The zero-order valence-electron chi connectivity index (χ0n) is 11.3. The molecule has 1 aromatic rings. The van der Waals surface area contributed by atoms with Gasteiger partial charge < -0.3 is 10.6 Å². The van der Waals surface area contributed by atoms with Gasteiger partial charge >= 0.3 is 0 Å². The van der Waals surface area contributed by atoms with E-state index in [1.165, 1.54) is 18.4 Å². The fraction of sp³-hybridized carbons (Fsp3) is 0.643. The summed E-state index contributed by atoms with van der Waals surface area (Å²) in [5, 5.41) is 6.69. The predicted octanol–water partition coefficient (Wildman–Crippen LogP) is 2.67. The molecule has 0 amide bonds. The number of pyridine rings is 1. The number of anilines is 1. The summed E-state index contributed by atoms with van der Waals surface area (Å²) in [5.74, 6) is 1.03. The van der Waals surface area contributed by atoms with E-state index in [2.05, 4.69) is 43.5 Å². The van der Waals surface area contributed by atoms with Crippen LogP contribution < -0.4 is 10.6 Å². The van der Waals surface area contributed by atoms with Crippen LogP contribution in [0.2, 0.25) is 0 Å². The number of rotatable bonds is 4. The van der Waals surface area contributed by atoms with E-state index in [4.69, 9.17) is 4.98 Å². The third-order valence-electron chi connectivity index (χ3n) is 2.96. The van der Waals surface area contributed by atoms with E-state index in [-0.39, 0.29) is 5.41 Å². The van der Waals surface area contributed by atoms with Crippen molar-refractivity contribution in [3.05, 3.63) is 23.4 Å². The Labute approximate surface area is 104 Å². The van der Waals surface area contributed by atoms with Crippen LogP contribution in [0.4, 0.5) is 5.82 Å². The quantitative estimate of drug-likeness (QED) is 0.839. The van der Waals surface area contributed by atoms with Gasteiger partial charge in [-0.05, 0) is 37.6 Å². The standard InChI is InChI=1S/C14H23N3/c1-14(2,3)12-7-10(9-15-4)8-13(17-12)16-11-5-6-11/h7-8,11,15H,5-6,9H2,1-4H3,(H,16,17). The highest BCUT2D eigenvalue weighted by Crippen LogP contribution is 2.27. The topological polar surface area (TPSA) is 37.0 Å². The van der Waals surface area contributed by atoms with Crippen LogP contribution in [0.3, 0.4) is 0 Å². The third-order valence-corrected chi connectivity index (χ3v) is 2.96. The van der Waals surface area contributed by atoms with Crippen LogP contribution >= 0.6 is 0 Å². The maximum absolute atomic E-state index is 4.73. The van der Waals surface area contributed by atoms with Crippen molar-refractivity contribution in [2.45, 2.75) is 51.6 Å². The molecule has 1 fully saturated rings. The molecule has 0 spiro atoms. The summed E-state index contributed by atoms with van der Waals surface area (Å²) in [5.41, 5.74) is 2.56. The van der Waals surface area contributed by atoms with Crippen LogP contribution in [0.1, 0.15) is 44.9 Å². The number of nitrogens with zero attached hydrogens (tertiary/aromatic N) is 1. The zero-order chi connectivity index (χ0) is 12.5. The summed E-state index contributed by atoms with van der Waals surface area (Å²) in [6.45, 7) is 7.52. The van der Waals surface area contributed by atoms with Crippen LogP contribution in [0.15, 0.2) is 12.1 Å². The molecule has 94 valence electrons. The van der Waals surface area contributed by atoms with Crippen LogP contribution in [-0.4, -0.2) is 18.1 Å². The number of hydrogen-bond acceptors (Lipinski definition) is 3. The Balaban J connectivity index is 2.27. The average Bonchev–Trinajstić information content (AvgIpc) is 3.00. The molecule has 0 radical (unpaired) electrons. The predicted molar refractivity (Wildman–Crippen MR) is 72.3 cm³/mol. The van der Waals surface area contributed by atoms with Crippen LogP contribution in [0.5, 0.6) is 0 Å². The first-order chi connectivity index (χ1) is 7.99. The molecule has 0 bridgehead atoms. The van der Waals surface area contributed by atoms with Crippen molar-refractivity contribution in [3.63, 3.8) is 0 Å². The van der Waals surface area contributed by atoms with Gasteiger partial charge in [0.05, 0.1) is 0 Å². The average molecular weight is 233 g/mol. The van der Waals surface area contributed by atoms with Crippen LogP contribution in [-0.2, 0) is 12.0 Å². The molecule has 1 saturated carbocycles. The maximum atomic E-state index is 4.73. The Morgan fingerprint density at radius 2 is 2.00 bits per heavy atom. The number of hydrogen-bond donors (Lipinski definition) is 2. The lowest BCUT2D eigenvalue weighted by molar-refractivity contribution is 0.567. The van der Waals surface area contributed by atoms with Crippen molar-refractivity contribution in [2.24, 2.45) is 0 Å². The van der Waals surface area contributed by atoms with E-state index >= 15 is 0 Å². The van der Waals surface area contributed by atoms with E-state index in [0.29, 0.717) is 6.04 Å². The highest BCUT2D eigenvalue weighted by Gasteiger charge is 2.23. The van der Waals surface area contributed by atoms with Crippen LogP contribution in [0, 0.1) is 0 Å². The van der Waals surface area contributed by atoms with Gasteiger partial charge in [0, 0.05) is 23.7 Å². The highest BCUT2D eigenvalue weighted by atomic mass is 15.0. The molecule has 17 heavy (non-hydrogen) atoms. The molecule has 0 aromatic carbocycles. The lowest BCUT2D eigenvalue weighted by Gasteiger charge is -2.20. The van der Waals surface area contributed by atoms with Gasteiger partial charge in [0.1, 0.15) is 5.82 Å². The van der Waals surface area contributed by atoms with Gasteiger partial charge in [0.15, 0.2) is 0 Å². The summed E-state index contributed by atoms with van der Waals surface area (Å²) in [4.78, 5) is 4.73. The minimum absolute atomic E-state index is 0.101. The van der Waals surface area contributed by atoms with Gasteiger partial charge in [0.2, 0.25) is 0 Å². The zero-order valence-corrected chi connectivity index (χ0v) is 11.3. The van der Waals surface area contributed by atoms with Crippen molar-refractivity contribution < 1.29 is 0 Å².